The number of hydrogen-bond donors (Lipinski definition) is 1. The molecule has 2 fully saturated rings. The third kappa shape index (κ3) is 3.24. The highest BCUT2D eigenvalue weighted by atomic mass is 16.1. The van der Waals surface area contributed by atoms with Gasteiger partial charge in [-0.05, 0) is 74.3 Å². The quantitative estimate of drug-likeness (QED) is 0.753. The number of H-pyrrole nitrogens is 1. The average Bonchev–Trinajstić information content (AvgIpc) is 3.21. The van der Waals surface area contributed by atoms with Crippen molar-refractivity contribution in [3.05, 3.63) is 48.5 Å². The highest BCUT2D eigenvalue weighted by molar-refractivity contribution is 5.89. The molecule has 5 nitrogen and oxygen atoms in total. The van der Waals surface area contributed by atoms with Crippen molar-refractivity contribution in [2.45, 2.75) is 32.1 Å². The minimum absolute atomic E-state index is 0.234. The minimum atomic E-state index is 0.234. The van der Waals surface area contributed by atoms with Gasteiger partial charge in [0, 0.05) is 41.4 Å². The number of rotatable bonds is 4. The number of Topliss-reactive ketones (excluding diaryl/α,β-unsaturated/α-hetero) is 1. The van der Waals surface area contributed by atoms with Crippen LogP contribution in [0.25, 0.3) is 21.9 Å². The molecule has 0 amide bonds. The van der Waals surface area contributed by atoms with Crippen LogP contribution in [0.5, 0.6) is 0 Å². The van der Waals surface area contributed by atoms with E-state index in [4.69, 9.17) is 0 Å². The fourth-order valence-electron chi connectivity index (χ4n) is 4.91. The van der Waals surface area contributed by atoms with Crippen LogP contribution in [0, 0.1) is 11.3 Å². The van der Waals surface area contributed by atoms with Gasteiger partial charge in [0.25, 0.3) is 0 Å². The molecule has 2 aliphatic rings. The molecule has 3 aromatic rings. The van der Waals surface area contributed by atoms with Gasteiger partial charge in [0.15, 0.2) is 0 Å². The smallest absolute Gasteiger partial charge is 0.141 e. The Kier molecular flexibility index (Phi) is 4.27. The van der Waals surface area contributed by atoms with Gasteiger partial charge >= 0.3 is 0 Å². The van der Waals surface area contributed by atoms with Crippen molar-refractivity contribution >= 4 is 16.6 Å². The SMILES string of the molecule is CN1CCC2(CC1)CC(C(=O)Cc1cc3cc(-c4cn[nH]c4)ccc3cn1)C2. The fourth-order valence-corrected chi connectivity index (χ4v) is 4.91. The van der Waals surface area contributed by atoms with Crippen molar-refractivity contribution < 1.29 is 4.79 Å². The largest absolute Gasteiger partial charge is 0.306 e. The maximum absolute atomic E-state index is 12.8. The van der Waals surface area contributed by atoms with Crippen LogP contribution in [0.3, 0.4) is 0 Å². The molecular weight excluding hydrogens is 348 g/mol. The molecule has 1 aromatic carbocycles. The van der Waals surface area contributed by atoms with Gasteiger partial charge in [0.2, 0.25) is 0 Å². The van der Waals surface area contributed by atoms with Gasteiger partial charge in [0.05, 0.1) is 6.20 Å². The minimum Gasteiger partial charge on any atom is -0.306 e. The van der Waals surface area contributed by atoms with E-state index in [1.165, 1.54) is 25.9 Å². The summed E-state index contributed by atoms with van der Waals surface area (Å²) in [4.78, 5) is 19.8. The van der Waals surface area contributed by atoms with Gasteiger partial charge in [0.1, 0.15) is 5.78 Å². The van der Waals surface area contributed by atoms with Crippen molar-refractivity contribution in [1.29, 1.82) is 0 Å². The van der Waals surface area contributed by atoms with E-state index >= 15 is 0 Å². The van der Waals surface area contributed by atoms with Crippen LogP contribution in [0.2, 0.25) is 0 Å². The number of carbonyl (C=O) groups excluding carboxylic acids is 1. The summed E-state index contributed by atoms with van der Waals surface area (Å²) in [6.07, 6.45) is 10.7. The van der Waals surface area contributed by atoms with E-state index in [1.54, 1.807) is 0 Å². The molecule has 1 aliphatic heterocycles. The third-order valence-corrected chi connectivity index (χ3v) is 6.83. The van der Waals surface area contributed by atoms with E-state index in [0.717, 1.165) is 40.4 Å². The summed E-state index contributed by atoms with van der Waals surface area (Å²) in [7, 11) is 2.19. The normalized spacial score (nSPS) is 19.8. The zero-order valence-electron chi connectivity index (χ0n) is 16.3. The van der Waals surface area contributed by atoms with E-state index < -0.39 is 0 Å². The summed E-state index contributed by atoms with van der Waals surface area (Å²) in [5.41, 5.74) is 3.51. The maximum Gasteiger partial charge on any atom is 0.141 e. The first-order chi connectivity index (χ1) is 13.6. The van der Waals surface area contributed by atoms with Gasteiger partial charge in [-0.2, -0.15) is 5.10 Å². The molecule has 0 bridgehead atoms. The van der Waals surface area contributed by atoms with Crippen molar-refractivity contribution in [3.8, 4) is 11.1 Å². The van der Waals surface area contributed by atoms with Crippen molar-refractivity contribution in [2.24, 2.45) is 11.3 Å². The second-order valence-electron chi connectivity index (χ2n) is 8.78. The van der Waals surface area contributed by atoms with E-state index in [1.807, 2.05) is 18.6 Å². The summed E-state index contributed by atoms with van der Waals surface area (Å²) in [5.74, 6) is 0.598. The second kappa shape index (κ2) is 6.82. The Bertz CT molecular complexity index is 995. The average molecular weight is 374 g/mol. The molecule has 2 aromatic heterocycles. The summed E-state index contributed by atoms with van der Waals surface area (Å²) in [5, 5.41) is 9.10. The molecule has 1 saturated carbocycles. The summed E-state index contributed by atoms with van der Waals surface area (Å²) in [6, 6.07) is 8.37. The number of pyridine rings is 1. The summed E-state index contributed by atoms with van der Waals surface area (Å²) < 4.78 is 0. The van der Waals surface area contributed by atoms with Gasteiger partial charge in [-0.15, -0.1) is 0 Å². The number of nitrogens with one attached hydrogen (secondary N) is 1. The van der Waals surface area contributed by atoms with Crippen LogP contribution in [-0.2, 0) is 11.2 Å². The summed E-state index contributed by atoms with van der Waals surface area (Å²) >= 11 is 0. The van der Waals surface area contributed by atoms with E-state index in [9.17, 15) is 4.79 Å². The molecule has 0 radical (unpaired) electrons. The first kappa shape index (κ1) is 17.6. The lowest BCUT2D eigenvalue weighted by atomic mass is 9.56. The molecule has 28 heavy (non-hydrogen) atoms. The second-order valence-corrected chi connectivity index (χ2v) is 8.78. The Morgan fingerprint density at radius 1 is 1.14 bits per heavy atom. The molecule has 0 unspecified atom stereocenters. The lowest BCUT2D eigenvalue weighted by Crippen LogP contribution is -2.48. The molecule has 1 N–H and O–H groups in total. The third-order valence-electron chi connectivity index (χ3n) is 6.83. The Balaban J connectivity index is 1.28. The Morgan fingerprint density at radius 2 is 1.96 bits per heavy atom. The standard InChI is InChI=1S/C23H26N4O/c1-27-6-4-23(5-7-27)11-19(12-23)22(28)10-21-9-18-8-16(20-14-25-26-15-20)2-3-17(18)13-24-21/h2-3,8-9,13-15,19H,4-7,10-12H2,1H3,(H,25,26). The molecule has 1 spiro atoms. The van der Waals surface area contributed by atoms with Crippen LogP contribution in [0.4, 0.5) is 0 Å². The van der Waals surface area contributed by atoms with Gasteiger partial charge in [-0.25, -0.2) is 0 Å². The van der Waals surface area contributed by atoms with Crippen LogP contribution in [-0.4, -0.2) is 46.0 Å². The number of nitrogens with zero attached hydrogens (tertiary/aromatic N) is 3. The summed E-state index contributed by atoms with van der Waals surface area (Å²) in [6.45, 7) is 2.35. The predicted octanol–water partition coefficient (Wildman–Crippen LogP) is 3.86. The molecule has 3 heterocycles. The molecule has 5 heteroatoms. The molecule has 144 valence electrons. The number of aromatic amines is 1. The van der Waals surface area contributed by atoms with Gasteiger partial charge in [-0.1, -0.05) is 12.1 Å². The van der Waals surface area contributed by atoms with Crippen molar-refractivity contribution in [3.63, 3.8) is 0 Å². The first-order valence-corrected chi connectivity index (χ1v) is 10.2. The predicted molar refractivity (Wildman–Crippen MR) is 110 cm³/mol. The zero-order chi connectivity index (χ0) is 19.1. The molecule has 0 atom stereocenters. The monoisotopic (exact) mass is 374 g/mol. The number of aromatic nitrogens is 3. The Hall–Kier alpha value is -2.53. The topological polar surface area (TPSA) is 61.9 Å². The Labute approximate surface area is 165 Å². The molecule has 1 saturated heterocycles. The number of ketones is 1. The maximum atomic E-state index is 12.8. The van der Waals surface area contributed by atoms with E-state index in [2.05, 4.69) is 51.4 Å². The number of hydrogen-bond acceptors (Lipinski definition) is 4. The van der Waals surface area contributed by atoms with Crippen molar-refractivity contribution in [2.75, 3.05) is 20.1 Å². The highest BCUT2D eigenvalue weighted by Crippen LogP contribution is 2.52. The van der Waals surface area contributed by atoms with Crippen LogP contribution in [0.1, 0.15) is 31.4 Å². The molecule has 1 aliphatic carbocycles. The van der Waals surface area contributed by atoms with E-state index in [0.29, 0.717) is 17.6 Å². The first-order valence-electron chi connectivity index (χ1n) is 10.2. The number of benzene rings is 1. The highest BCUT2D eigenvalue weighted by Gasteiger charge is 2.47. The van der Waals surface area contributed by atoms with E-state index in [-0.39, 0.29) is 5.92 Å². The lowest BCUT2D eigenvalue weighted by Gasteiger charge is -2.51. The van der Waals surface area contributed by atoms with Crippen LogP contribution >= 0.6 is 0 Å². The van der Waals surface area contributed by atoms with Crippen LogP contribution in [0.15, 0.2) is 42.9 Å². The number of likely N-dealkylation sites (tertiary alicyclic amines) is 1. The molecule has 5 rings (SSSR count). The lowest BCUT2D eigenvalue weighted by molar-refractivity contribution is -0.131. The van der Waals surface area contributed by atoms with Crippen LogP contribution < -0.4 is 0 Å². The number of fused-ring (bicyclic) bond motifs is 1. The zero-order valence-corrected chi connectivity index (χ0v) is 16.3. The number of piperidine rings is 1. The van der Waals surface area contributed by atoms with Gasteiger partial charge < -0.3 is 4.90 Å². The van der Waals surface area contributed by atoms with Crippen molar-refractivity contribution in [1.82, 2.24) is 20.1 Å². The fraction of sp³-hybridized carbons (Fsp3) is 0.435. The Morgan fingerprint density at radius 3 is 2.71 bits per heavy atom. The van der Waals surface area contributed by atoms with Gasteiger partial charge in [-0.3, -0.25) is 14.9 Å². The molecular formula is C23H26N4O. The number of carbonyl (C=O) groups is 1.